The molecule has 1 saturated carbocycles. The summed E-state index contributed by atoms with van der Waals surface area (Å²) >= 11 is 0. The van der Waals surface area contributed by atoms with Crippen LogP contribution in [0.5, 0.6) is 0 Å². The smallest absolute Gasteiger partial charge is 0.0853 e. The Bertz CT molecular complexity index is 321. The Morgan fingerprint density at radius 1 is 0.938 bits per heavy atom. The van der Waals surface area contributed by atoms with E-state index in [0.29, 0.717) is 12.2 Å². The van der Waals surface area contributed by atoms with Gasteiger partial charge in [0.15, 0.2) is 0 Å². The predicted octanol–water partition coefficient (Wildman–Crippen LogP) is 4.10. The first-order valence-electron chi connectivity index (χ1n) is 6.64. The molecule has 2 aliphatic rings. The SMILES string of the molecule is c1ccc([C@@H]2C[C@H](C3CCCCC3)O2)cc1. The van der Waals surface area contributed by atoms with Crippen molar-refractivity contribution in [2.45, 2.75) is 50.7 Å². The molecule has 16 heavy (non-hydrogen) atoms. The highest BCUT2D eigenvalue weighted by Crippen LogP contribution is 2.42. The minimum Gasteiger partial charge on any atom is -0.370 e. The molecule has 0 amide bonds. The van der Waals surface area contributed by atoms with Crippen LogP contribution >= 0.6 is 0 Å². The minimum absolute atomic E-state index is 0.383. The molecule has 1 aliphatic carbocycles. The maximum Gasteiger partial charge on any atom is 0.0853 e. The number of ether oxygens (including phenoxy) is 1. The van der Waals surface area contributed by atoms with Crippen molar-refractivity contribution in [2.24, 2.45) is 5.92 Å². The maximum absolute atomic E-state index is 6.06. The van der Waals surface area contributed by atoms with Gasteiger partial charge in [-0.1, -0.05) is 49.6 Å². The highest BCUT2D eigenvalue weighted by molar-refractivity contribution is 5.19. The largest absolute Gasteiger partial charge is 0.370 e. The molecule has 1 heterocycles. The average molecular weight is 216 g/mol. The fourth-order valence-electron chi connectivity index (χ4n) is 3.10. The topological polar surface area (TPSA) is 9.23 Å². The summed E-state index contributed by atoms with van der Waals surface area (Å²) in [4.78, 5) is 0. The van der Waals surface area contributed by atoms with Crippen molar-refractivity contribution in [3.8, 4) is 0 Å². The van der Waals surface area contributed by atoms with Gasteiger partial charge in [-0.05, 0) is 24.3 Å². The van der Waals surface area contributed by atoms with Crippen LogP contribution in [0.3, 0.4) is 0 Å². The predicted molar refractivity (Wildman–Crippen MR) is 65.2 cm³/mol. The van der Waals surface area contributed by atoms with Crippen LogP contribution in [0.2, 0.25) is 0 Å². The summed E-state index contributed by atoms with van der Waals surface area (Å²) in [5, 5.41) is 0. The molecule has 3 rings (SSSR count). The average Bonchev–Trinajstić information content (AvgIpc) is 2.30. The normalized spacial score (nSPS) is 31.0. The Kier molecular flexibility index (Phi) is 2.96. The third-order valence-electron chi connectivity index (χ3n) is 4.13. The van der Waals surface area contributed by atoms with E-state index in [9.17, 15) is 0 Å². The molecule has 1 saturated heterocycles. The van der Waals surface area contributed by atoms with Gasteiger partial charge in [-0.2, -0.15) is 0 Å². The zero-order chi connectivity index (χ0) is 10.8. The van der Waals surface area contributed by atoms with Gasteiger partial charge in [-0.25, -0.2) is 0 Å². The van der Waals surface area contributed by atoms with Gasteiger partial charge in [0.25, 0.3) is 0 Å². The highest BCUT2D eigenvalue weighted by atomic mass is 16.5. The second kappa shape index (κ2) is 4.58. The molecular formula is C15H20O. The van der Waals surface area contributed by atoms with E-state index in [1.165, 1.54) is 44.1 Å². The molecule has 1 aliphatic heterocycles. The Labute approximate surface area is 97.8 Å². The molecule has 1 aromatic carbocycles. The van der Waals surface area contributed by atoms with Gasteiger partial charge in [0.1, 0.15) is 0 Å². The summed E-state index contributed by atoms with van der Waals surface area (Å²) in [6, 6.07) is 10.6. The monoisotopic (exact) mass is 216 g/mol. The molecule has 0 bridgehead atoms. The summed E-state index contributed by atoms with van der Waals surface area (Å²) in [5.41, 5.74) is 1.36. The van der Waals surface area contributed by atoms with Crippen molar-refractivity contribution < 1.29 is 4.74 Å². The first-order valence-corrected chi connectivity index (χ1v) is 6.64. The van der Waals surface area contributed by atoms with Gasteiger partial charge in [0.2, 0.25) is 0 Å². The van der Waals surface area contributed by atoms with Crippen molar-refractivity contribution >= 4 is 0 Å². The van der Waals surface area contributed by atoms with E-state index in [0.717, 1.165) is 5.92 Å². The van der Waals surface area contributed by atoms with Crippen LogP contribution in [0, 0.1) is 5.92 Å². The lowest BCUT2D eigenvalue weighted by Gasteiger charge is -2.42. The first-order chi connectivity index (χ1) is 7.93. The molecule has 0 aromatic heterocycles. The van der Waals surface area contributed by atoms with Gasteiger partial charge >= 0.3 is 0 Å². The Hall–Kier alpha value is -0.820. The lowest BCUT2D eigenvalue weighted by molar-refractivity contribution is -0.158. The Balaban J connectivity index is 1.54. The van der Waals surface area contributed by atoms with Crippen molar-refractivity contribution in [2.75, 3.05) is 0 Å². The van der Waals surface area contributed by atoms with Crippen LogP contribution in [0.15, 0.2) is 30.3 Å². The van der Waals surface area contributed by atoms with E-state index in [2.05, 4.69) is 30.3 Å². The van der Waals surface area contributed by atoms with E-state index < -0.39 is 0 Å². The van der Waals surface area contributed by atoms with Gasteiger partial charge in [0, 0.05) is 6.42 Å². The molecule has 2 fully saturated rings. The fraction of sp³-hybridized carbons (Fsp3) is 0.600. The maximum atomic E-state index is 6.06. The molecule has 86 valence electrons. The molecule has 1 aromatic rings. The summed E-state index contributed by atoms with van der Waals surface area (Å²) in [6.45, 7) is 0. The van der Waals surface area contributed by atoms with Gasteiger partial charge in [-0.3, -0.25) is 0 Å². The lowest BCUT2D eigenvalue weighted by atomic mass is 9.80. The van der Waals surface area contributed by atoms with Gasteiger partial charge in [0.05, 0.1) is 12.2 Å². The van der Waals surface area contributed by atoms with Crippen LogP contribution in [0.4, 0.5) is 0 Å². The summed E-state index contributed by atoms with van der Waals surface area (Å²) in [5.74, 6) is 0.855. The van der Waals surface area contributed by atoms with E-state index in [1.54, 1.807) is 0 Å². The van der Waals surface area contributed by atoms with Gasteiger partial charge in [-0.15, -0.1) is 0 Å². The molecule has 1 heteroatoms. The Morgan fingerprint density at radius 2 is 1.62 bits per heavy atom. The van der Waals surface area contributed by atoms with Crippen molar-refractivity contribution in [1.82, 2.24) is 0 Å². The van der Waals surface area contributed by atoms with Gasteiger partial charge < -0.3 is 4.74 Å². The fourth-order valence-corrected chi connectivity index (χ4v) is 3.10. The molecule has 0 radical (unpaired) electrons. The molecule has 2 atom stereocenters. The number of hydrogen-bond donors (Lipinski definition) is 0. The molecule has 0 unspecified atom stereocenters. The zero-order valence-corrected chi connectivity index (χ0v) is 9.77. The Morgan fingerprint density at radius 3 is 2.31 bits per heavy atom. The van der Waals surface area contributed by atoms with Crippen LogP contribution in [0.25, 0.3) is 0 Å². The third kappa shape index (κ3) is 2.01. The minimum atomic E-state index is 0.383. The van der Waals surface area contributed by atoms with E-state index >= 15 is 0 Å². The third-order valence-corrected chi connectivity index (χ3v) is 4.13. The molecule has 0 N–H and O–H groups in total. The lowest BCUT2D eigenvalue weighted by Crippen LogP contribution is -2.38. The van der Waals surface area contributed by atoms with Crippen molar-refractivity contribution in [1.29, 1.82) is 0 Å². The number of benzene rings is 1. The zero-order valence-electron chi connectivity index (χ0n) is 9.77. The van der Waals surface area contributed by atoms with Crippen LogP contribution in [0.1, 0.15) is 50.2 Å². The quantitative estimate of drug-likeness (QED) is 0.723. The van der Waals surface area contributed by atoms with Crippen LogP contribution in [-0.2, 0) is 4.74 Å². The van der Waals surface area contributed by atoms with Crippen LogP contribution < -0.4 is 0 Å². The second-order valence-corrected chi connectivity index (χ2v) is 5.21. The van der Waals surface area contributed by atoms with E-state index in [4.69, 9.17) is 4.74 Å². The molecule has 1 nitrogen and oxygen atoms in total. The summed E-state index contributed by atoms with van der Waals surface area (Å²) in [7, 11) is 0. The summed E-state index contributed by atoms with van der Waals surface area (Å²) in [6.07, 6.45) is 9.25. The van der Waals surface area contributed by atoms with Crippen molar-refractivity contribution in [3.63, 3.8) is 0 Å². The number of rotatable bonds is 2. The standard InChI is InChI=1S/C15H20O/c1-3-7-12(8-4-1)14-11-15(16-14)13-9-5-2-6-10-13/h1,3-4,7-8,13-15H,2,5-6,9-11H2/t14-,15+/m0/s1. The van der Waals surface area contributed by atoms with Crippen LogP contribution in [-0.4, -0.2) is 6.10 Å². The highest BCUT2D eigenvalue weighted by Gasteiger charge is 2.36. The molecular weight excluding hydrogens is 196 g/mol. The second-order valence-electron chi connectivity index (χ2n) is 5.21. The molecule has 0 spiro atoms. The van der Waals surface area contributed by atoms with E-state index in [1.807, 2.05) is 0 Å². The first kappa shape index (κ1) is 10.3. The van der Waals surface area contributed by atoms with Crippen molar-refractivity contribution in [3.05, 3.63) is 35.9 Å². The summed E-state index contributed by atoms with van der Waals surface area (Å²) < 4.78 is 6.06. The van der Waals surface area contributed by atoms with E-state index in [-0.39, 0.29) is 0 Å². The number of hydrogen-bond acceptors (Lipinski definition) is 1.